The first-order valence-corrected chi connectivity index (χ1v) is 7.85. The van der Waals surface area contributed by atoms with E-state index < -0.39 is 0 Å². The zero-order valence-electron chi connectivity index (χ0n) is 14.1. The molecule has 0 saturated carbocycles. The third kappa shape index (κ3) is 3.85. The van der Waals surface area contributed by atoms with E-state index in [0.717, 1.165) is 18.4 Å². The number of aryl methyl sites for hydroxylation is 1. The summed E-state index contributed by atoms with van der Waals surface area (Å²) in [5.74, 6) is 1.52. The van der Waals surface area contributed by atoms with Crippen molar-refractivity contribution in [2.45, 2.75) is 12.8 Å². The molecule has 2 heterocycles. The van der Waals surface area contributed by atoms with Crippen LogP contribution in [0.4, 0.5) is 0 Å². The maximum atomic E-state index is 12.3. The van der Waals surface area contributed by atoms with Crippen molar-refractivity contribution >= 4 is 11.7 Å². The molecular weight excluding hydrogens is 322 g/mol. The zero-order chi connectivity index (χ0) is 17.6. The molecule has 0 unspecified atom stereocenters. The Morgan fingerprint density at radius 2 is 2.12 bits per heavy atom. The van der Waals surface area contributed by atoms with Gasteiger partial charge in [0.15, 0.2) is 0 Å². The van der Waals surface area contributed by atoms with Gasteiger partial charge < -0.3 is 14.8 Å². The monoisotopic (exact) mass is 341 g/mol. The molecule has 0 radical (unpaired) electrons. The summed E-state index contributed by atoms with van der Waals surface area (Å²) in [6.07, 6.45) is 6.70. The summed E-state index contributed by atoms with van der Waals surface area (Å²) in [5, 5.41) is 6.96. The Morgan fingerprint density at radius 3 is 2.92 bits per heavy atom. The molecule has 8 nitrogen and oxygen atoms in total. The van der Waals surface area contributed by atoms with E-state index in [-0.39, 0.29) is 5.91 Å². The minimum absolute atomic E-state index is 0.177. The van der Waals surface area contributed by atoms with Crippen LogP contribution >= 0.6 is 0 Å². The van der Waals surface area contributed by atoms with Crippen molar-refractivity contribution in [2.75, 3.05) is 20.8 Å². The number of ether oxygens (including phenoxy) is 2. The zero-order valence-corrected chi connectivity index (χ0v) is 14.1. The van der Waals surface area contributed by atoms with E-state index >= 15 is 0 Å². The molecule has 3 aromatic rings. The first-order chi connectivity index (χ1) is 12.2. The Hall–Kier alpha value is -3.16. The summed E-state index contributed by atoms with van der Waals surface area (Å²) in [6.45, 7) is 0.545. The van der Waals surface area contributed by atoms with Crippen LogP contribution in [0, 0.1) is 0 Å². The predicted molar refractivity (Wildman–Crippen MR) is 91.0 cm³/mol. The number of nitrogens with one attached hydrogen (secondary N) is 1. The number of methoxy groups -OCH3 is 2. The minimum Gasteiger partial charge on any atom is -0.497 e. The van der Waals surface area contributed by atoms with Crippen molar-refractivity contribution in [1.29, 1.82) is 0 Å². The van der Waals surface area contributed by atoms with E-state index in [0.29, 0.717) is 29.4 Å². The van der Waals surface area contributed by atoms with Gasteiger partial charge in [-0.3, -0.25) is 4.79 Å². The van der Waals surface area contributed by atoms with E-state index in [1.54, 1.807) is 36.0 Å². The number of carbonyl (C=O) groups is 1. The molecule has 0 aliphatic carbocycles. The lowest BCUT2D eigenvalue weighted by Gasteiger charge is -2.10. The van der Waals surface area contributed by atoms with E-state index in [4.69, 9.17) is 9.47 Å². The predicted octanol–water partition coefficient (Wildman–Crippen LogP) is 1.50. The molecule has 2 aromatic heterocycles. The van der Waals surface area contributed by atoms with Crippen molar-refractivity contribution in [1.82, 2.24) is 24.9 Å². The first-order valence-electron chi connectivity index (χ1n) is 7.85. The highest BCUT2D eigenvalue weighted by atomic mass is 16.5. The fourth-order valence-corrected chi connectivity index (χ4v) is 2.46. The molecule has 0 spiro atoms. The largest absolute Gasteiger partial charge is 0.497 e. The van der Waals surface area contributed by atoms with Crippen LogP contribution in [0.25, 0.3) is 5.78 Å². The number of carbonyl (C=O) groups excluding carboxylic acids is 1. The number of hydrogen-bond acceptors (Lipinski definition) is 6. The standard InChI is InChI=1S/C17H19N5O3/c1-24-13-5-6-14(15(8-13)25-2)16(23)18-7-3-4-12-9-19-17-20-11-21-22(17)10-12/h5-6,8-11H,3-4,7H2,1-2H3,(H,18,23). The Labute approximate surface area is 144 Å². The molecule has 0 aliphatic heterocycles. The highest BCUT2D eigenvalue weighted by Gasteiger charge is 2.12. The van der Waals surface area contributed by atoms with Gasteiger partial charge in [0, 0.05) is 25.0 Å². The molecule has 1 N–H and O–H groups in total. The van der Waals surface area contributed by atoms with Gasteiger partial charge >= 0.3 is 0 Å². The quantitative estimate of drug-likeness (QED) is 0.655. The minimum atomic E-state index is -0.177. The van der Waals surface area contributed by atoms with Crippen molar-refractivity contribution < 1.29 is 14.3 Å². The molecule has 0 saturated heterocycles. The molecule has 8 heteroatoms. The van der Waals surface area contributed by atoms with E-state index in [9.17, 15) is 4.79 Å². The fraction of sp³-hybridized carbons (Fsp3) is 0.294. The van der Waals surface area contributed by atoms with E-state index in [1.165, 1.54) is 13.4 Å². The van der Waals surface area contributed by atoms with Gasteiger partial charge in [-0.05, 0) is 30.5 Å². The van der Waals surface area contributed by atoms with Crippen LogP contribution in [-0.2, 0) is 6.42 Å². The average molecular weight is 341 g/mol. The Balaban J connectivity index is 1.54. The molecule has 25 heavy (non-hydrogen) atoms. The second-order valence-electron chi connectivity index (χ2n) is 5.39. The topological polar surface area (TPSA) is 90.6 Å². The smallest absolute Gasteiger partial charge is 0.255 e. The van der Waals surface area contributed by atoms with Crippen LogP contribution < -0.4 is 14.8 Å². The van der Waals surface area contributed by atoms with Gasteiger partial charge in [-0.1, -0.05) is 0 Å². The average Bonchev–Trinajstić information content (AvgIpc) is 3.12. The van der Waals surface area contributed by atoms with E-state index in [1.807, 2.05) is 6.20 Å². The van der Waals surface area contributed by atoms with Gasteiger partial charge in [-0.25, -0.2) is 9.50 Å². The molecule has 1 aromatic carbocycles. The number of benzene rings is 1. The number of fused-ring (bicyclic) bond motifs is 1. The third-order valence-corrected chi connectivity index (χ3v) is 3.77. The first kappa shape index (κ1) is 16.7. The highest BCUT2D eigenvalue weighted by molar-refractivity contribution is 5.97. The van der Waals surface area contributed by atoms with Gasteiger partial charge in [0.1, 0.15) is 17.8 Å². The molecule has 0 bridgehead atoms. The van der Waals surface area contributed by atoms with Crippen molar-refractivity contribution in [3.8, 4) is 11.5 Å². The summed E-state index contributed by atoms with van der Waals surface area (Å²) in [6, 6.07) is 5.11. The molecule has 0 aliphatic rings. The van der Waals surface area contributed by atoms with Crippen molar-refractivity contribution in [3.05, 3.63) is 48.0 Å². The van der Waals surface area contributed by atoms with Crippen LogP contribution in [0.2, 0.25) is 0 Å². The lowest BCUT2D eigenvalue weighted by atomic mass is 10.1. The van der Waals surface area contributed by atoms with Gasteiger partial charge in [0.2, 0.25) is 0 Å². The Bertz CT molecular complexity index is 878. The Kier molecular flexibility index (Phi) is 5.08. The summed E-state index contributed by atoms with van der Waals surface area (Å²) in [7, 11) is 3.10. The van der Waals surface area contributed by atoms with Crippen LogP contribution in [0.3, 0.4) is 0 Å². The summed E-state index contributed by atoms with van der Waals surface area (Å²) < 4.78 is 12.0. The number of aromatic nitrogens is 4. The lowest BCUT2D eigenvalue weighted by molar-refractivity contribution is 0.0950. The normalized spacial score (nSPS) is 10.6. The third-order valence-electron chi connectivity index (χ3n) is 3.77. The molecule has 0 atom stereocenters. The van der Waals surface area contributed by atoms with Gasteiger partial charge in [0.05, 0.1) is 19.8 Å². The highest BCUT2D eigenvalue weighted by Crippen LogP contribution is 2.24. The molecule has 130 valence electrons. The fourth-order valence-electron chi connectivity index (χ4n) is 2.46. The van der Waals surface area contributed by atoms with E-state index in [2.05, 4.69) is 20.4 Å². The van der Waals surface area contributed by atoms with Crippen LogP contribution in [0.15, 0.2) is 36.9 Å². The number of nitrogens with zero attached hydrogens (tertiary/aromatic N) is 4. The van der Waals surface area contributed by atoms with Gasteiger partial charge in [-0.2, -0.15) is 10.1 Å². The SMILES string of the molecule is COc1ccc(C(=O)NCCCc2cnc3ncnn3c2)c(OC)c1. The second-order valence-corrected chi connectivity index (χ2v) is 5.39. The van der Waals surface area contributed by atoms with Gasteiger partial charge in [-0.15, -0.1) is 0 Å². The van der Waals surface area contributed by atoms with Crippen LogP contribution in [0.1, 0.15) is 22.3 Å². The van der Waals surface area contributed by atoms with Gasteiger partial charge in [0.25, 0.3) is 11.7 Å². The maximum Gasteiger partial charge on any atom is 0.255 e. The summed E-state index contributed by atoms with van der Waals surface area (Å²) in [4.78, 5) is 20.5. The summed E-state index contributed by atoms with van der Waals surface area (Å²) in [5.41, 5.74) is 1.52. The number of amides is 1. The molecule has 0 fully saturated rings. The van der Waals surface area contributed by atoms with Crippen LogP contribution in [-0.4, -0.2) is 46.3 Å². The molecule has 1 amide bonds. The number of hydrogen-bond donors (Lipinski definition) is 1. The van der Waals surface area contributed by atoms with Crippen LogP contribution in [0.5, 0.6) is 11.5 Å². The Morgan fingerprint density at radius 1 is 1.24 bits per heavy atom. The number of rotatable bonds is 7. The summed E-state index contributed by atoms with van der Waals surface area (Å²) >= 11 is 0. The molecule has 3 rings (SSSR count). The lowest BCUT2D eigenvalue weighted by Crippen LogP contribution is -2.25. The molecular formula is C17H19N5O3. The second kappa shape index (κ2) is 7.61. The maximum absolute atomic E-state index is 12.3. The van der Waals surface area contributed by atoms with Crippen molar-refractivity contribution in [3.63, 3.8) is 0 Å². The van der Waals surface area contributed by atoms with Crippen molar-refractivity contribution in [2.24, 2.45) is 0 Å².